The molecular formula is C20H22ClN3O2. The monoisotopic (exact) mass is 371 g/mol. The van der Waals surface area contributed by atoms with Gasteiger partial charge in [-0.25, -0.2) is 4.79 Å². The number of halogens is 1. The highest BCUT2D eigenvalue weighted by Gasteiger charge is 2.31. The molecule has 3 rings (SSSR count). The molecule has 26 heavy (non-hydrogen) atoms. The molecule has 1 aliphatic heterocycles. The maximum Gasteiger partial charge on any atom is 0.319 e. The molecule has 6 heteroatoms. The molecule has 2 aromatic rings. The number of carbonyl (C=O) groups excluding carboxylic acids is 2. The fourth-order valence-corrected chi connectivity index (χ4v) is 3.51. The number of nitrogens with zero attached hydrogens (tertiary/aromatic N) is 1. The minimum absolute atomic E-state index is 0.0136. The zero-order chi connectivity index (χ0) is 18.8. The first kappa shape index (κ1) is 18.3. The number of amides is 3. The lowest BCUT2D eigenvalue weighted by Gasteiger charge is -2.18. The number of nitrogens with one attached hydrogen (secondary N) is 2. The first-order valence-corrected chi connectivity index (χ1v) is 8.92. The summed E-state index contributed by atoms with van der Waals surface area (Å²) in [5, 5.41) is 6.43. The molecule has 1 fully saturated rings. The van der Waals surface area contributed by atoms with Crippen LogP contribution in [0.4, 0.5) is 16.2 Å². The Morgan fingerprint density at radius 2 is 1.73 bits per heavy atom. The van der Waals surface area contributed by atoms with Crippen LogP contribution < -0.4 is 15.5 Å². The van der Waals surface area contributed by atoms with Crippen LogP contribution in [0.3, 0.4) is 0 Å². The summed E-state index contributed by atoms with van der Waals surface area (Å²) in [5.41, 5.74) is 4.79. The van der Waals surface area contributed by atoms with Gasteiger partial charge in [0.2, 0.25) is 5.91 Å². The van der Waals surface area contributed by atoms with Crippen LogP contribution >= 0.6 is 11.6 Å². The van der Waals surface area contributed by atoms with Crippen molar-refractivity contribution in [2.24, 2.45) is 0 Å². The van der Waals surface area contributed by atoms with Crippen molar-refractivity contribution in [2.75, 3.05) is 16.8 Å². The highest BCUT2D eigenvalue weighted by atomic mass is 35.5. The van der Waals surface area contributed by atoms with Crippen LogP contribution in [0.15, 0.2) is 36.4 Å². The fourth-order valence-electron chi connectivity index (χ4n) is 3.39. The summed E-state index contributed by atoms with van der Waals surface area (Å²) in [5.74, 6) is -0.0136. The number of carbonyl (C=O) groups is 2. The van der Waals surface area contributed by atoms with Gasteiger partial charge in [-0.2, -0.15) is 0 Å². The summed E-state index contributed by atoms with van der Waals surface area (Å²) in [4.78, 5) is 26.3. The van der Waals surface area contributed by atoms with Gasteiger partial charge in [0.05, 0.1) is 6.04 Å². The fraction of sp³-hybridized carbons (Fsp3) is 0.300. The molecule has 3 amide bonds. The predicted octanol–water partition coefficient (Wildman–Crippen LogP) is 4.19. The van der Waals surface area contributed by atoms with Crippen LogP contribution in [-0.2, 0) is 4.79 Å². The van der Waals surface area contributed by atoms with E-state index in [1.54, 1.807) is 17.0 Å². The molecule has 0 saturated carbocycles. The van der Waals surface area contributed by atoms with E-state index in [2.05, 4.69) is 10.6 Å². The number of hydrogen-bond donors (Lipinski definition) is 2. The second-order valence-electron chi connectivity index (χ2n) is 6.75. The van der Waals surface area contributed by atoms with E-state index in [4.69, 9.17) is 11.6 Å². The highest BCUT2D eigenvalue weighted by Crippen LogP contribution is 2.24. The summed E-state index contributed by atoms with van der Waals surface area (Å²) in [6.07, 6.45) is 0.280. The summed E-state index contributed by atoms with van der Waals surface area (Å²) < 4.78 is 0. The lowest BCUT2D eigenvalue weighted by atomic mass is 10.1. The summed E-state index contributed by atoms with van der Waals surface area (Å²) in [7, 11) is 0. The second kappa shape index (κ2) is 7.38. The Morgan fingerprint density at radius 3 is 2.35 bits per heavy atom. The number of aryl methyl sites for hydroxylation is 3. The van der Waals surface area contributed by atoms with Crippen LogP contribution in [0.2, 0.25) is 5.02 Å². The second-order valence-corrected chi connectivity index (χ2v) is 7.19. The molecule has 0 unspecified atom stereocenters. The van der Waals surface area contributed by atoms with Crippen molar-refractivity contribution in [3.8, 4) is 0 Å². The van der Waals surface area contributed by atoms with Gasteiger partial charge in [0, 0.05) is 29.4 Å². The van der Waals surface area contributed by atoms with Gasteiger partial charge in [-0.15, -0.1) is 0 Å². The first-order valence-electron chi connectivity index (χ1n) is 8.55. The van der Waals surface area contributed by atoms with Gasteiger partial charge in [0.15, 0.2) is 0 Å². The van der Waals surface area contributed by atoms with Crippen molar-refractivity contribution < 1.29 is 9.59 Å². The Kier molecular flexibility index (Phi) is 5.18. The van der Waals surface area contributed by atoms with Crippen molar-refractivity contribution in [3.05, 3.63) is 58.1 Å². The zero-order valence-corrected chi connectivity index (χ0v) is 15.9. The van der Waals surface area contributed by atoms with Crippen molar-refractivity contribution >= 4 is 34.9 Å². The molecule has 0 aliphatic carbocycles. The molecule has 1 heterocycles. The molecule has 0 spiro atoms. The van der Waals surface area contributed by atoms with E-state index in [-0.39, 0.29) is 24.4 Å². The molecule has 1 saturated heterocycles. The van der Waals surface area contributed by atoms with E-state index in [1.807, 2.05) is 45.0 Å². The average molecular weight is 372 g/mol. The van der Waals surface area contributed by atoms with Gasteiger partial charge in [-0.3, -0.25) is 4.79 Å². The third-order valence-electron chi connectivity index (χ3n) is 4.51. The van der Waals surface area contributed by atoms with Crippen molar-refractivity contribution in [3.63, 3.8) is 0 Å². The molecule has 0 radical (unpaired) electrons. The molecular weight excluding hydrogens is 350 g/mol. The Morgan fingerprint density at radius 1 is 1.12 bits per heavy atom. The van der Waals surface area contributed by atoms with Crippen LogP contribution in [0, 0.1) is 20.8 Å². The number of anilines is 2. The quantitative estimate of drug-likeness (QED) is 0.849. The van der Waals surface area contributed by atoms with E-state index >= 15 is 0 Å². The maximum atomic E-state index is 12.4. The van der Waals surface area contributed by atoms with Gasteiger partial charge in [-0.1, -0.05) is 29.3 Å². The van der Waals surface area contributed by atoms with Crippen LogP contribution in [0.25, 0.3) is 0 Å². The van der Waals surface area contributed by atoms with Gasteiger partial charge in [0.25, 0.3) is 0 Å². The minimum atomic E-state index is -0.296. The molecule has 5 nitrogen and oxygen atoms in total. The van der Waals surface area contributed by atoms with Crippen LogP contribution in [0.1, 0.15) is 23.1 Å². The lowest BCUT2D eigenvalue weighted by molar-refractivity contribution is -0.117. The average Bonchev–Trinajstić information content (AvgIpc) is 2.92. The molecule has 2 N–H and O–H groups in total. The highest BCUT2D eigenvalue weighted by molar-refractivity contribution is 6.30. The number of benzene rings is 2. The largest absolute Gasteiger partial charge is 0.333 e. The van der Waals surface area contributed by atoms with Gasteiger partial charge in [0.1, 0.15) is 0 Å². The predicted molar refractivity (Wildman–Crippen MR) is 105 cm³/mol. The van der Waals surface area contributed by atoms with E-state index in [9.17, 15) is 9.59 Å². The van der Waals surface area contributed by atoms with E-state index in [0.717, 1.165) is 28.1 Å². The van der Waals surface area contributed by atoms with Gasteiger partial charge >= 0.3 is 6.03 Å². The first-order chi connectivity index (χ1) is 12.3. The van der Waals surface area contributed by atoms with Crippen LogP contribution in [0.5, 0.6) is 0 Å². The molecule has 2 aromatic carbocycles. The smallest absolute Gasteiger partial charge is 0.319 e. The number of hydrogen-bond acceptors (Lipinski definition) is 2. The van der Waals surface area contributed by atoms with E-state index in [0.29, 0.717) is 11.6 Å². The normalized spacial score (nSPS) is 16.7. The zero-order valence-electron chi connectivity index (χ0n) is 15.1. The van der Waals surface area contributed by atoms with Crippen molar-refractivity contribution in [1.29, 1.82) is 0 Å². The Bertz CT molecular complexity index is 826. The van der Waals surface area contributed by atoms with Crippen LogP contribution in [-0.4, -0.2) is 24.5 Å². The molecule has 0 aromatic heterocycles. The summed E-state index contributed by atoms with van der Waals surface area (Å²) >= 11 is 5.90. The van der Waals surface area contributed by atoms with Crippen molar-refractivity contribution in [1.82, 2.24) is 5.32 Å². The number of rotatable bonds is 3. The SMILES string of the molecule is Cc1cc(C)c(NC(=O)N[C@H]2CC(=O)N(c3ccc(Cl)cc3)C2)c(C)c1. The standard InChI is InChI=1S/C20H22ClN3O2/c1-12-8-13(2)19(14(3)9-12)23-20(26)22-16-10-18(25)24(11-16)17-6-4-15(21)5-7-17/h4-9,16H,10-11H2,1-3H3,(H2,22,23,26)/t16-/m0/s1. The molecule has 0 bridgehead atoms. The number of urea groups is 1. The van der Waals surface area contributed by atoms with E-state index in [1.165, 1.54) is 0 Å². The Balaban J connectivity index is 1.64. The summed E-state index contributed by atoms with van der Waals surface area (Å²) in [6.45, 7) is 6.41. The molecule has 136 valence electrons. The Labute approximate surface area is 158 Å². The van der Waals surface area contributed by atoms with Crippen molar-refractivity contribution in [2.45, 2.75) is 33.2 Å². The lowest BCUT2D eigenvalue weighted by Crippen LogP contribution is -2.40. The third kappa shape index (κ3) is 3.99. The maximum absolute atomic E-state index is 12.4. The minimum Gasteiger partial charge on any atom is -0.333 e. The van der Waals surface area contributed by atoms with E-state index < -0.39 is 0 Å². The topological polar surface area (TPSA) is 61.4 Å². The van der Waals surface area contributed by atoms with Gasteiger partial charge in [-0.05, 0) is 56.2 Å². The third-order valence-corrected chi connectivity index (χ3v) is 4.77. The molecule has 1 atom stereocenters. The molecule has 1 aliphatic rings. The summed E-state index contributed by atoms with van der Waals surface area (Å²) in [6, 6.07) is 10.7. The van der Waals surface area contributed by atoms with Gasteiger partial charge < -0.3 is 15.5 Å². The Hall–Kier alpha value is -2.53.